The number of hydrogen-bond donors (Lipinski definition) is 4. The van der Waals surface area contributed by atoms with Gasteiger partial charge in [-0.25, -0.2) is 9.69 Å². The van der Waals surface area contributed by atoms with Gasteiger partial charge < -0.3 is 88.2 Å². The lowest BCUT2D eigenvalue weighted by Crippen LogP contribution is -2.57. The Morgan fingerprint density at radius 1 is 0.662 bits per heavy atom. The fourth-order valence-electron chi connectivity index (χ4n) is 7.31. The summed E-state index contributed by atoms with van der Waals surface area (Å²) in [5, 5.41) is 8.53. The molecule has 0 unspecified atom stereocenters. The Labute approximate surface area is 454 Å². The first-order valence-corrected chi connectivity index (χ1v) is 26.4. The van der Waals surface area contributed by atoms with Crippen LogP contribution in [-0.2, 0) is 76.0 Å². The summed E-state index contributed by atoms with van der Waals surface area (Å²) in [7, 11) is 5.23. The number of primary amides is 1. The van der Waals surface area contributed by atoms with Crippen molar-refractivity contribution in [2.24, 2.45) is 5.73 Å². The third kappa shape index (κ3) is 30.9. The van der Waals surface area contributed by atoms with E-state index in [4.69, 9.17) is 67.3 Å². The largest absolute Gasteiger partial charge is 0.495 e. The van der Waals surface area contributed by atoms with Gasteiger partial charge in [-0.05, 0) is 58.1 Å². The summed E-state index contributed by atoms with van der Waals surface area (Å²) in [6.07, 6.45) is 1.37. The number of anilines is 1. The van der Waals surface area contributed by atoms with Crippen molar-refractivity contribution in [2.75, 3.05) is 211 Å². The summed E-state index contributed by atoms with van der Waals surface area (Å²) in [6.45, 7) is 14.0. The molecule has 2 aliphatic rings. The van der Waals surface area contributed by atoms with Crippen molar-refractivity contribution < 1.29 is 85.6 Å². The van der Waals surface area contributed by atoms with Crippen LogP contribution in [0.3, 0.4) is 0 Å². The molecule has 0 aromatic heterocycles. The third-order valence-corrected chi connectivity index (χ3v) is 11.8. The smallest absolute Gasteiger partial charge is 0.332 e. The number of carbonyl (C=O) groups is 5. The lowest BCUT2D eigenvalue weighted by Gasteiger charge is -2.38. The van der Waals surface area contributed by atoms with Crippen molar-refractivity contribution in [1.29, 1.82) is 0 Å². The van der Waals surface area contributed by atoms with Crippen molar-refractivity contribution in [3.8, 4) is 17.6 Å². The van der Waals surface area contributed by atoms with E-state index in [1.807, 2.05) is 0 Å². The van der Waals surface area contributed by atoms with Crippen LogP contribution in [0.25, 0.3) is 0 Å². The van der Waals surface area contributed by atoms with Crippen LogP contribution >= 0.6 is 0 Å². The van der Waals surface area contributed by atoms with Crippen LogP contribution in [0.4, 0.5) is 10.5 Å². The van der Waals surface area contributed by atoms with Gasteiger partial charge >= 0.3 is 6.03 Å². The first-order chi connectivity index (χ1) is 37.5. The molecule has 0 bridgehead atoms. The van der Waals surface area contributed by atoms with Crippen LogP contribution in [0.15, 0.2) is 18.2 Å². The second kappa shape index (κ2) is 42.3. The van der Waals surface area contributed by atoms with Gasteiger partial charge in [-0.2, -0.15) is 0 Å². The molecule has 1 atom stereocenters. The average Bonchev–Trinajstić information content (AvgIpc) is 3.42. The fraction of sp³-hybridized carbons (Fsp3) is 0.750. The molecule has 77 heavy (non-hydrogen) atoms. The number of nitrogens with zero attached hydrogens (tertiary/aromatic N) is 3. The Morgan fingerprint density at radius 3 is 1.56 bits per heavy atom. The predicted octanol–water partition coefficient (Wildman–Crippen LogP) is -0.0677. The van der Waals surface area contributed by atoms with Crippen molar-refractivity contribution >= 4 is 35.3 Å². The summed E-state index contributed by atoms with van der Waals surface area (Å²) in [5.74, 6) is 3.97. The molecule has 0 radical (unpaired) electrons. The molecule has 25 nitrogen and oxygen atoms in total. The maximum atomic E-state index is 13.7. The van der Waals surface area contributed by atoms with Gasteiger partial charge in [0, 0.05) is 37.6 Å². The van der Waals surface area contributed by atoms with Crippen molar-refractivity contribution in [2.45, 2.75) is 50.6 Å². The molecule has 1 aromatic rings. The minimum Gasteiger partial charge on any atom is -0.495 e. The molecule has 5 N–H and O–H groups in total. The Kier molecular flexibility index (Phi) is 36.6. The summed E-state index contributed by atoms with van der Waals surface area (Å²) >= 11 is 0. The molecule has 0 aliphatic carbocycles. The number of carbonyl (C=O) groups excluding carboxylic acids is 5. The van der Waals surface area contributed by atoms with Gasteiger partial charge in [0.05, 0.1) is 178 Å². The van der Waals surface area contributed by atoms with Crippen LogP contribution in [0, 0.1) is 11.8 Å². The number of methoxy groups -OCH3 is 2. The topological polar surface area (TPSA) is 277 Å². The molecular formula is C52H87N7O18. The van der Waals surface area contributed by atoms with E-state index in [1.54, 1.807) is 25.3 Å². The van der Waals surface area contributed by atoms with E-state index >= 15 is 0 Å². The van der Waals surface area contributed by atoms with E-state index < -0.39 is 48.8 Å². The first-order valence-electron chi connectivity index (χ1n) is 26.4. The zero-order valence-corrected chi connectivity index (χ0v) is 45.9. The summed E-state index contributed by atoms with van der Waals surface area (Å²) < 4.78 is 70.6. The summed E-state index contributed by atoms with van der Waals surface area (Å²) in [4.78, 5) is 69.1. The van der Waals surface area contributed by atoms with Gasteiger partial charge in [0.2, 0.25) is 23.6 Å². The SMILES string of the molecule is COCCOCCOCCOCCOCCOCCOCCOCCOCCOCCOCCOCCC(=O)N[C@@H](CC(N)=O)C(=O)NCN1C(=O)CCN(c2cc(C#CCNC3(C)CCN(C)CC3)ccc2OC)C1=O. The van der Waals surface area contributed by atoms with E-state index in [0.29, 0.717) is 156 Å². The van der Waals surface area contributed by atoms with E-state index in [0.717, 1.165) is 30.8 Å². The molecule has 1 aromatic carbocycles. The molecule has 2 fully saturated rings. The Bertz CT molecular complexity index is 1870. The second-order valence-electron chi connectivity index (χ2n) is 17.9. The Morgan fingerprint density at radius 2 is 1.12 bits per heavy atom. The highest BCUT2D eigenvalue weighted by atomic mass is 16.6. The Hall–Kier alpha value is -4.63. The maximum Gasteiger partial charge on any atom is 0.332 e. The highest BCUT2D eigenvalue weighted by molar-refractivity contribution is 6.06. The summed E-state index contributed by atoms with van der Waals surface area (Å²) in [5.41, 5.74) is 6.45. The van der Waals surface area contributed by atoms with Gasteiger partial charge in [-0.3, -0.25) is 24.1 Å². The average molecular weight is 1100 g/mol. The molecule has 2 aliphatic heterocycles. The lowest BCUT2D eigenvalue weighted by molar-refractivity contribution is -0.134. The van der Waals surface area contributed by atoms with Gasteiger partial charge in [0.15, 0.2) is 0 Å². The standard InChI is InChI=1S/C52H87N7O18/c1-52(11-15-57(2)16-12-52)55-13-5-6-43-7-8-46(66-4)45(40-43)58-14-9-49(62)59(51(58)64)42-54-50(63)44(41-47(53)60)56-48(61)10-17-67-20-21-69-24-25-71-28-29-73-32-33-75-36-37-77-39-38-76-35-34-74-31-30-72-27-26-70-23-22-68-19-18-65-3/h7-8,40,44,55H,9-39,41-42H2,1-4H3,(H2,53,60)(H,54,63)(H,56,61)/t44-/m0/s1. The molecule has 25 heteroatoms. The number of ether oxygens (including phenoxy) is 13. The number of benzene rings is 1. The number of hydrogen-bond acceptors (Lipinski definition) is 20. The van der Waals surface area contributed by atoms with Gasteiger partial charge in [-0.15, -0.1) is 0 Å². The number of nitrogens with two attached hydrogens (primary N) is 1. The minimum absolute atomic E-state index is 0.0103. The number of urea groups is 1. The molecule has 2 saturated heterocycles. The van der Waals surface area contributed by atoms with Crippen molar-refractivity contribution in [1.82, 2.24) is 25.8 Å². The zero-order valence-electron chi connectivity index (χ0n) is 45.9. The van der Waals surface area contributed by atoms with Crippen molar-refractivity contribution in [3.05, 3.63) is 23.8 Å². The second-order valence-corrected chi connectivity index (χ2v) is 17.9. The molecule has 0 spiro atoms. The predicted molar refractivity (Wildman–Crippen MR) is 281 cm³/mol. The van der Waals surface area contributed by atoms with E-state index in [2.05, 4.69) is 46.7 Å². The van der Waals surface area contributed by atoms with Crippen molar-refractivity contribution in [3.63, 3.8) is 0 Å². The zero-order chi connectivity index (χ0) is 55.6. The quantitative estimate of drug-likeness (QED) is 0.0491. The fourth-order valence-corrected chi connectivity index (χ4v) is 7.31. The lowest BCUT2D eigenvalue weighted by atomic mass is 9.90. The number of rotatable bonds is 46. The van der Waals surface area contributed by atoms with E-state index in [1.165, 1.54) is 12.0 Å². The van der Waals surface area contributed by atoms with Gasteiger partial charge in [-0.1, -0.05) is 11.8 Å². The molecular weight excluding hydrogens is 1010 g/mol. The maximum absolute atomic E-state index is 13.7. The van der Waals surface area contributed by atoms with Crippen LogP contribution < -0.4 is 31.3 Å². The molecule has 2 heterocycles. The molecule has 438 valence electrons. The number of likely N-dealkylation sites (tertiary alicyclic amines) is 1. The van der Waals surface area contributed by atoms with Gasteiger partial charge in [0.1, 0.15) is 18.5 Å². The molecule has 6 amide bonds. The molecule has 0 saturated carbocycles. The minimum atomic E-state index is -1.36. The van der Waals surface area contributed by atoms with Crippen LogP contribution in [0.5, 0.6) is 5.75 Å². The van der Waals surface area contributed by atoms with E-state index in [9.17, 15) is 24.0 Å². The normalized spacial score (nSPS) is 15.1. The number of nitrogens with one attached hydrogen (secondary N) is 3. The number of imide groups is 1. The molecule has 3 rings (SSSR count). The van der Waals surface area contributed by atoms with Gasteiger partial charge in [0.25, 0.3) is 0 Å². The Balaban J connectivity index is 1.15. The first kappa shape index (κ1) is 66.6. The third-order valence-electron chi connectivity index (χ3n) is 11.8. The highest BCUT2D eigenvalue weighted by Crippen LogP contribution is 2.32. The van der Waals surface area contributed by atoms with Crippen LogP contribution in [0.1, 0.15) is 44.6 Å². The highest BCUT2D eigenvalue weighted by Gasteiger charge is 2.35. The van der Waals surface area contributed by atoms with E-state index in [-0.39, 0.29) is 44.7 Å². The van der Waals surface area contributed by atoms with Crippen LogP contribution in [0.2, 0.25) is 0 Å². The monoisotopic (exact) mass is 1100 g/mol. The van der Waals surface area contributed by atoms with Crippen LogP contribution in [-0.4, -0.2) is 257 Å². The number of amides is 6. The summed E-state index contributed by atoms with van der Waals surface area (Å²) in [6, 6.07) is 3.16. The number of piperidine rings is 1.